The molecule has 0 aliphatic carbocycles. The Bertz CT molecular complexity index is 499. The van der Waals surface area contributed by atoms with E-state index in [1.165, 1.54) is 12.3 Å². The largest absolute Gasteiger partial charge is 0.350 e. The molecule has 0 radical (unpaired) electrons. The SMILES string of the molecule is O=C(NCCn1ccnn1)c1ccnc(F)c1. The van der Waals surface area contributed by atoms with E-state index < -0.39 is 5.95 Å². The maximum atomic E-state index is 12.8. The summed E-state index contributed by atoms with van der Waals surface area (Å²) in [7, 11) is 0. The van der Waals surface area contributed by atoms with Crippen molar-refractivity contribution in [1.29, 1.82) is 0 Å². The number of amides is 1. The van der Waals surface area contributed by atoms with Gasteiger partial charge in [-0.25, -0.2) is 4.98 Å². The summed E-state index contributed by atoms with van der Waals surface area (Å²) in [6.07, 6.45) is 4.50. The second kappa shape index (κ2) is 5.15. The first-order valence-corrected chi connectivity index (χ1v) is 4.99. The van der Waals surface area contributed by atoms with Gasteiger partial charge >= 0.3 is 0 Å². The third-order valence-electron chi connectivity index (χ3n) is 2.09. The highest BCUT2D eigenvalue weighted by molar-refractivity contribution is 5.93. The number of carbonyl (C=O) groups excluding carboxylic acids is 1. The average Bonchev–Trinajstić information content (AvgIpc) is 2.82. The first-order valence-electron chi connectivity index (χ1n) is 4.99. The minimum Gasteiger partial charge on any atom is -0.350 e. The molecule has 2 heterocycles. The minimum atomic E-state index is -0.672. The number of aromatic nitrogens is 4. The van der Waals surface area contributed by atoms with Crippen molar-refractivity contribution in [3.63, 3.8) is 0 Å². The standard InChI is InChI=1S/C10H10FN5O/c11-9-7-8(1-2-12-9)10(17)13-3-5-16-6-4-14-15-16/h1-2,4,6-7H,3,5H2,(H,13,17). The van der Waals surface area contributed by atoms with Gasteiger partial charge in [0.05, 0.1) is 12.7 Å². The van der Waals surface area contributed by atoms with Gasteiger partial charge in [0.15, 0.2) is 0 Å². The zero-order valence-electron chi connectivity index (χ0n) is 8.88. The van der Waals surface area contributed by atoms with Crippen molar-refractivity contribution in [3.05, 3.63) is 42.2 Å². The molecule has 0 aliphatic heterocycles. The van der Waals surface area contributed by atoms with Crippen molar-refractivity contribution in [2.45, 2.75) is 6.54 Å². The maximum absolute atomic E-state index is 12.8. The number of carbonyl (C=O) groups is 1. The topological polar surface area (TPSA) is 72.7 Å². The molecular formula is C10H10FN5O. The van der Waals surface area contributed by atoms with E-state index in [0.29, 0.717) is 13.1 Å². The van der Waals surface area contributed by atoms with Gasteiger partial charge in [0.2, 0.25) is 5.95 Å². The van der Waals surface area contributed by atoms with Gasteiger partial charge in [-0.2, -0.15) is 4.39 Å². The number of halogens is 1. The lowest BCUT2D eigenvalue weighted by Crippen LogP contribution is -2.27. The lowest BCUT2D eigenvalue weighted by Gasteiger charge is -2.04. The minimum absolute atomic E-state index is 0.246. The molecule has 7 heteroatoms. The van der Waals surface area contributed by atoms with Crippen LogP contribution in [0.25, 0.3) is 0 Å². The fraction of sp³-hybridized carbons (Fsp3) is 0.200. The van der Waals surface area contributed by atoms with Crippen LogP contribution in [-0.2, 0) is 6.54 Å². The van der Waals surface area contributed by atoms with Crippen molar-refractivity contribution in [3.8, 4) is 0 Å². The number of nitrogens with one attached hydrogen (secondary N) is 1. The summed E-state index contributed by atoms with van der Waals surface area (Å²) in [4.78, 5) is 14.9. The zero-order chi connectivity index (χ0) is 12.1. The molecule has 6 nitrogen and oxygen atoms in total. The Morgan fingerprint density at radius 3 is 3.06 bits per heavy atom. The molecule has 17 heavy (non-hydrogen) atoms. The van der Waals surface area contributed by atoms with E-state index in [2.05, 4.69) is 20.6 Å². The van der Waals surface area contributed by atoms with E-state index in [-0.39, 0.29) is 11.5 Å². The molecule has 0 fully saturated rings. The van der Waals surface area contributed by atoms with E-state index >= 15 is 0 Å². The lowest BCUT2D eigenvalue weighted by atomic mass is 10.2. The zero-order valence-corrected chi connectivity index (χ0v) is 8.88. The summed E-state index contributed by atoms with van der Waals surface area (Å²) in [6.45, 7) is 0.908. The molecule has 0 unspecified atom stereocenters. The van der Waals surface area contributed by atoms with Crippen LogP contribution in [-0.4, -0.2) is 32.4 Å². The molecular weight excluding hydrogens is 225 g/mol. The lowest BCUT2D eigenvalue weighted by molar-refractivity contribution is 0.0951. The Morgan fingerprint density at radius 2 is 2.35 bits per heavy atom. The highest BCUT2D eigenvalue weighted by Crippen LogP contribution is 1.99. The Kier molecular flexibility index (Phi) is 3.39. The number of hydrogen-bond acceptors (Lipinski definition) is 4. The molecule has 0 aromatic carbocycles. The van der Waals surface area contributed by atoms with Gasteiger partial charge in [-0.3, -0.25) is 9.48 Å². The van der Waals surface area contributed by atoms with Gasteiger partial charge in [-0.05, 0) is 6.07 Å². The Hall–Kier alpha value is -2.31. The molecule has 2 rings (SSSR count). The van der Waals surface area contributed by atoms with Crippen LogP contribution in [0.15, 0.2) is 30.7 Å². The summed E-state index contributed by atoms with van der Waals surface area (Å²) in [5.41, 5.74) is 0.246. The van der Waals surface area contributed by atoms with Crippen LogP contribution in [0, 0.1) is 5.95 Å². The normalized spacial score (nSPS) is 10.2. The van der Waals surface area contributed by atoms with Crippen LogP contribution in [0.2, 0.25) is 0 Å². The van der Waals surface area contributed by atoms with Gasteiger partial charge in [0.1, 0.15) is 0 Å². The van der Waals surface area contributed by atoms with E-state index in [1.807, 2.05) is 0 Å². The molecule has 0 saturated heterocycles. The summed E-state index contributed by atoms with van der Waals surface area (Å²) >= 11 is 0. The number of hydrogen-bond donors (Lipinski definition) is 1. The fourth-order valence-electron chi connectivity index (χ4n) is 1.28. The van der Waals surface area contributed by atoms with Crippen LogP contribution >= 0.6 is 0 Å². The van der Waals surface area contributed by atoms with Crippen molar-refractivity contribution >= 4 is 5.91 Å². The molecule has 0 saturated carbocycles. The first kappa shape index (κ1) is 11.2. The number of pyridine rings is 1. The predicted octanol–water partition coefficient (Wildman–Crippen LogP) is 0.242. The quantitative estimate of drug-likeness (QED) is 0.770. The monoisotopic (exact) mass is 235 g/mol. The number of rotatable bonds is 4. The van der Waals surface area contributed by atoms with Crippen molar-refractivity contribution < 1.29 is 9.18 Å². The molecule has 0 atom stereocenters. The molecule has 88 valence electrons. The van der Waals surface area contributed by atoms with Crippen molar-refractivity contribution in [2.75, 3.05) is 6.54 Å². The smallest absolute Gasteiger partial charge is 0.251 e. The van der Waals surface area contributed by atoms with Crippen LogP contribution in [0.3, 0.4) is 0 Å². The van der Waals surface area contributed by atoms with Crippen LogP contribution < -0.4 is 5.32 Å². The molecule has 1 N–H and O–H groups in total. The predicted molar refractivity (Wildman–Crippen MR) is 56.6 cm³/mol. The Labute approximate surface area is 96.5 Å². The van der Waals surface area contributed by atoms with Crippen molar-refractivity contribution in [2.24, 2.45) is 0 Å². The second-order valence-electron chi connectivity index (χ2n) is 3.29. The molecule has 0 bridgehead atoms. The molecule has 0 aliphatic rings. The first-order chi connectivity index (χ1) is 8.25. The third kappa shape index (κ3) is 3.07. The van der Waals surface area contributed by atoms with Gasteiger partial charge < -0.3 is 5.32 Å². The van der Waals surface area contributed by atoms with E-state index in [1.54, 1.807) is 17.1 Å². The summed E-state index contributed by atoms with van der Waals surface area (Å²) in [5, 5.41) is 10.0. The highest BCUT2D eigenvalue weighted by atomic mass is 19.1. The summed E-state index contributed by atoms with van der Waals surface area (Å²) < 4.78 is 14.4. The molecule has 1 amide bonds. The van der Waals surface area contributed by atoms with Gasteiger partial charge in [0.25, 0.3) is 5.91 Å². The van der Waals surface area contributed by atoms with Crippen LogP contribution in [0.4, 0.5) is 4.39 Å². The van der Waals surface area contributed by atoms with E-state index in [0.717, 1.165) is 6.07 Å². The molecule has 2 aromatic heterocycles. The van der Waals surface area contributed by atoms with Gasteiger partial charge in [-0.15, -0.1) is 5.10 Å². The Morgan fingerprint density at radius 1 is 1.47 bits per heavy atom. The van der Waals surface area contributed by atoms with E-state index in [4.69, 9.17) is 0 Å². The third-order valence-corrected chi connectivity index (χ3v) is 2.09. The summed E-state index contributed by atoms with van der Waals surface area (Å²) in [5.74, 6) is -1.01. The second-order valence-corrected chi connectivity index (χ2v) is 3.29. The molecule has 2 aromatic rings. The van der Waals surface area contributed by atoms with Crippen LogP contribution in [0.5, 0.6) is 0 Å². The van der Waals surface area contributed by atoms with E-state index in [9.17, 15) is 9.18 Å². The molecule has 0 spiro atoms. The summed E-state index contributed by atoms with van der Waals surface area (Å²) in [6, 6.07) is 2.54. The number of nitrogens with zero attached hydrogens (tertiary/aromatic N) is 4. The average molecular weight is 235 g/mol. The van der Waals surface area contributed by atoms with Crippen LogP contribution in [0.1, 0.15) is 10.4 Å². The van der Waals surface area contributed by atoms with Gasteiger partial charge in [-0.1, -0.05) is 5.21 Å². The van der Waals surface area contributed by atoms with Gasteiger partial charge in [0, 0.05) is 30.6 Å². The van der Waals surface area contributed by atoms with Crippen molar-refractivity contribution in [1.82, 2.24) is 25.3 Å². The maximum Gasteiger partial charge on any atom is 0.251 e. The Balaban J connectivity index is 1.85. The highest BCUT2D eigenvalue weighted by Gasteiger charge is 2.05. The fourth-order valence-corrected chi connectivity index (χ4v) is 1.28.